The lowest BCUT2D eigenvalue weighted by molar-refractivity contribution is 1.14. The first-order chi connectivity index (χ1) is 8.65. The van der Waals surface area contributed by atoms with Crippen LogP contribution in [0.2, 0.25) is 5.15 Å². The number of nitrogens with one attached hydrogen (secondary N) is 1. The lowest BCUT2D eigenvalue weighted by Crippen LogP contribution is -1.94. The number of halogens is 1. The zero-order chi connectivity index (χ0) is 12.7. The highest BCUT2D eigenvalue weighted by Crippen LogP contribution is 2.25. The van der Waals surface area contributed by atoms with Gasteiger partial charge in [-0.2, -0.15) is 0 Å². The van der Waals surface area contributed by atoms with Gasteiger partial charge in [-0.3, -0.25) is 0 Å². The van der Waals surface area contributed by atoms with Crippen molar-refractivity contribution >= 4 is 22.6 Å². The molecular formula is C14H12ClN3. The summed E-state index contributed by atoms with van der Waals surface area (Å²) in [4.78, 5) is 12.1. The lowest BCUT2D eigenvalue weighted by Gasteiger charge is -2.05. The Labute approximate surface area is 110 Å². The number of rotatable bonds is 1. The summed E-state index contributed by atoms with van der Waals surface area (Å²) >= 11 is 5.96. The molecular weight excluding hydrogens is 246 g/mol. The van der Waals surface area contributed by atoms with Gasteiger partial charge in [0.2, 0.25) is 0 Å². The van der Waals surface area contributed by atoms with Crippen LogP contribution in [0.15, 0.2) is 30.3 Å². The minimum Gasteiger partial charge on any atom is -0.330 e. The van der Waals surface area contributed by atoms with Crippen LogP contribution in [0.25, 0.3) is 22.4 Å². The summed E-state index contributed by atoms with van der Waals surface area (Å²) in [6.07, 6.45) is 0. The molecule has 0 aliphatic rings. The molecule has 0 spiro atoms. The first-order valence-corrected chi connectivity index (χ1v) is 6.12. The molecule has 0 bridgehead atoms. The Morgan fingerprint density at radius 3 is 2.67 bits per heavy atom. The monoisotopic (exact) mass is 257 g/mol. The molecule has 90 valence electrons. The third-order valence-electron chi connectivity index (χ3n) is 3.03. The highest BCUT2D eigenvalue weighted by Gasteiger charge is 2.10. The standard InChI is InChI=1S/C14H12ClN3/c1-8-5-3-4-6-10(8)13-16-9(2)11-7-12(15)17-14(11)18-13/h3-7H,1-2H3,(H,16,17,18). The normalized spacial score (nSPS) is 11.1. The molecule has 1 aromatic carbocycles. The average molecular weight is 258 g/mol. The molecule has 3 rings (SSSR count). The molecule has 0 saturated heterocycles. The van der Waals surface area contributed by atoms with Crippen molar-refractivity contribution in [3.63, 3.8) is 0 Å². The van der Waals surface area contributed by atoms with Crippen LogP contribution in [-0.4, -0.2) is 15.0 Å². The smallest absolute Gasteiger partial charge is 0.162 e. The van der Waals surface area contributed by atoms with Gasteiger partial charge in [-0.15, -0.1) is 0 Å². The predicted molar refractivity (Wildman–Crippen MR) is 73.8 cm³/mol. The molecule has 2 heterocycles. The van der Waals surface area contributed by atoms with E-state index in [9.17, 15) is 0 Å². The molecule has 0 unspecified atom stereocenters. The van der Waals surface area contributed by atoms with E-state index in [0.29, 0.717) is 5.15 Å². The third kappa shape index (κ3) is 1.77. The number of nitrogens with zero attached hydrogens (tertiary/aromatic N) is 2. The van der Waals surface area contributed by atoms with Gasteiger partial charge in [-0.25, -0.2) is 9.97 Å². The Balaban J connectivity index is 2.28. The summed E-state index contributed by atoms with van der Waals surface area (Å²) in [5.41, 5.74) is 3.93. The van der Waals surface area contributed by atoms with Crippen molar-refractivity contribution in [1.29, 1.82) is 0 Å². The molecule has 0 aliphatic heterocycles. The van der Waals surface area contributed by atoms with Crippen LogP contribution in [0.3, 0.4) is 0 Å². The summed E-state index contributed by atoms with van der Waals surface area (Å²) < 4.78 is 0. The average Bonchev–Trinajstić information content (AvgIpc) is 2.71. The summed E-state index contributed by atoms with van der Waals surface area (Å²) in [6, 6.07) is 9.94. The van der Waals surface area contributed by atoms with Crippen molar-refractivity contribution in [2.45, 2.75) is 13.8 Å². The van der Waals surface area contributed by atoms with Crippen LogP contribution >= 0.6 is 11.6 Å². The van der Waals surface area contributed by atoms with Gasteiger partial charge in [-0.1, -0.05) is 35.9 Å². The van der Waals surface area contributed by atoms with Gasteiger partial charge in [0.25, 0.3) is 0 Å². The lowest BCUT2D eigenvalue weighted by atomic mass is 10.1. The predicted octanol–water partition coefficient (Wildman–Crippen LogP) is 3.90. The van der Waals surface area contributed by atoms with E-state index in [1.54, 1.807) is 0 Å². The second kappa shape index (κ2) is 4.10. The Hall–Kier alpha value is -1.87. The van der Waals surface area contributed by atoms with Crippen molar-refractivity contribution in [2.75, 3.05) is 0 Å². The molecule has 0 radical (unpaired) electrons. The van der Waals surface area contributed by atoms with E-state index in [4.69, 9.17) is 11.6 Å². The number of hydrogen-bond acceptors (Lipinski definition) is 2. The second-order valence-corrected chi connectivity index (χ2v) is 4.73. The van der Waals surface area contributed by atoms with Crippen LogP contribution < -0.4 is 0 Å². The van der Waals surface area contributed by atoms with Gasteiger partial charge in [0.15, 0.2) is 5.82 Å². The Kier molecular flexibility index (Phi) is 2.56. The first kappa shape index (κ1) is 11.2. The molecule has 1 N–H and O–H groups in total. The van der Waals surface area contributed by atoms with Gasteiger partial charge >= 0.3 is 0 Å². The van der Waals surface area contributed by atoms with E-state index in [-0.39, 0.29) is 0 Å². The third-order valence-corrected chi connectivity index (χ3v) is 3.23. The van der Waals surface area contributed by atoms with E-state index in [2.05, 4.69) is 27.9 Å². The number of benzene rings is 1. The largest absolute Gasteiger partial charge is 0.330 e. The SMILES string of the molecule is Cc1ccccc1-c1nc(C)c2cc(Cl)[nH]c2n1. The van der Waals surface area contributed by atoms with Crippen molar-refractivity contribution in [1.82, 2.24) is 15.0 Å². The molecule has 18 heavy (non-hydrogen) atoms. The fraction of sp³-hybridized carbons (Fsp3) is 0.143. The maximum atomic E-state index is 5.96. The quantitative estimate of drug-likeness (QED) is 0.718. The van der Waals surface area contributed by atoms with Crippen molar-refractivity contribution in [3.05, 3.63) is 46.7 Å². The highest BCUT2D eigenvalue weighted by atomic mass is 35.5. The van der Waals surface area contributed by atoms with Gasteiger partial charge in [0, 0.05) is 10.9 Å². The first-order valence-electron chi connectivity index (χ1n) is 5.74. The Bertz CT molecular complexity index is 731. The topological polar surface area (TPSA) is 41.6 Å². The zero-order valence-corrected chi connectivity index (χ0v) is 10.9. The maximum Gasteiger partial charge on any atom is 0.162 e. The zero-order valence-electron chi connectivity index (χ0n) is 10.2. The van der Waals surface area contributed by atoms with Crippen LogP contribution in [0.5, 0.6) is 0 Å². The van der Waals surface area contributed by atoms with Gasteiger partial charge in [0.1, 0.15) is 10.8 Å². The number of aromatic amines is 1. The maximum absolute atomic E-state index is 5.96. The minimum absolute atomic E-state index is 0.587. The van der Waals surface area contributed by atoms with Crippen molar-refractivity contribution < 1.29 is 0 Å². The fourth-order valence-electron chi connectivity index (χ4n) is 2.07. The van der Waals surface area contributed by atoms with E-state index in [1.165, 1.54) is 0 Å². The number of hydrogen-bond donors (Lipinski definition) is 1. The molecule has 0 fully saturated rings. The number of fused-ring (bicyclic) bond motifs is 1. The molecule has 2 aromatic heterocycles. The van der Waals surface area contributed by atoms with Crippen molar-refractivity contribution in [3.8, 4) is 11.4 Å². The van der Waals surface area contributed by atoms with Crippen LogP contribution in [-0.2, 0) is 0 Å². The van der Waals surface area contributed by atoms with Crippen LogP contribution in [0.4, 0.5) is 0 Å². The summed E-state index contributed by atoms with van der Waals surface area (Å²) in [5, 5.41) is 1.56. The van der Waals surface area contributed by atoms with E-state index < -0.39 is 0 Å². The molecule has 0 aliphatic carbocycles. The second-order valence-electron chi connectivity index (χ2n) is 4.33. The van der Waals surface area contributed by atoms with E-state index in [1.807, 2.05) is 31.2 Å². The summed E-state index contributed by atoms with van der Waals surface area (Å²) in [7, 11) is 0. The molecule has 0 atom stereocenters. The molecule has 4 heteroatoms. The Morgan fingerprint density at radius 2 is 1.89 bits per heavy atom. The highest BCUT2D eigenvalue weighted by molar-refractivity contribution is 6.30. The molecule has 0 saturated carbocycles. The van der Waals surface area contributed by atoms with Gasteiger partial charge < -0.3 is 4.98 Å². The molecule has 3 nitrogen and oxygen atoms in total. The van der Waals surface area contributed by atoms with E-state index >= 15 is 0 Å². The number of aromatic nitrogens is 3. The van der Waals surface area contributed by atoms with Crippen LogP contribution in [0.1, 0.15) is 11.3 Å². The summed E-state index contributed by atoms with van der Waals surface area (Å²) in [5.74, 6) is 0.733. The minimum atomic E-state index is 0.587. The molecule has 3 aromatic rings. The Morgan fingerprint density at radius 1 is 1.11 bits per heavy atom. The van der Waals surface area contributed by atoms with Crippen LogP contribution in [0, 0.1) is 13.8 Å². The van der Waals surface area contributed by atoms with E-state index in [0.717, 1.165) is 33.7 Å². The van der Waals surface area contributed by atoms with Gasteiger partial charge in [-0.05, 0) is 25.5 Å². The summed E-state index contributed by atoms with van der Waals surface area (Å²) in [6.45, 7) is 4.02. The fourth-order valence-corrected chi connectivity index (χ4v) is 2.27. The number of H-pyrrole nitrogens is 1. The molecule has 0 amide bonds. The van der Waals surface area contributed by atoms with Crippen molar-refractivity contribution in [2.24, 2.45) is 0 Å². The number of aryl methyl sites for hydroxylation is 2. The van der Waals surface area contributed by atoms with Gasteiger partial charge in [0.05, 0.1) is 5.69 Å².